The maximum absolute atomic E-state index is 12.4. The molecule has 0 radical (unpaired) electrons. The van der Waals surface area contributed by atoms with E-state index in [1.165, 1.54) is 0 Å². The predicted molar refractivity (Wildman–Crippen MR) is 104 cm³/mol. The molecule has 0 aliphatic rings. The minimum Gasteiger partial charge on any atom is -0.322 e. The van der Waals surface area contributed by atoms with Gasteiger partial charge in [0.15, 0.2) is 0 Å². The summed E-state index contributed by atoms with van der Waals surface area (Å²) in [4.78, 5) is 16.9. The molecule has 0 bridgehead atoms. The number of rotatable bonds is 4. The van der Waals surface area contributed by atoms with Crippen LogP contribution >= 0.6 is 11.3 Å². The number of amides is 1. The van der Waals surface area contributed by atoms with Gasteiger partial charge in [-0.05, 0) is 31.2 Å². The lowest BCUT2D eigenvalue weighted by molar-refractivity contribution is 0.102. The summed E-state index contributed by atoms with van der Waals surface area (Å²) in [5.41, 5.74) is 4.14. The van der Waals surface area contributed by atoms with E-state index in [9.17, 15) is 4.79 Å². The zero-order chi connectivity index (χ0) is 17.9. The van der Waals surface area contributed by atoms with Gasteiger partial charge in [0.05, 0.1) is 28.1 Å². The topological polar surface area (TPSA) is 59.8 Å². The third-order valence-corrected chi connectivity index (χ3v) is 4.70. The third-order valence-electron chi connectivity index (χ3n) is 3.92. The maximum Gasteiger partial charge on any atom is 0.258 e. The zero-order valence-electron chi connectivity index (χ0n) is 14.1. The molecule has 128 valence electrons. The molecule has 0 aliphatic carbocycles. The Morgan fingerprint density at radius 1 is 1.08 bits per heavy atom. The van der Waals surface area contributed by atoms with Crippen LogP contribution in [0.25, 0.3) is 16.9 Å². The number of carbonyl (C=O) groups excluding carboxylic acids is 1. The van der Waals surface area contributed by atoms with Crippen LogP contribution in [0.3, 0.4) is 0 Å². The fourth-order valence-electron chi connectivity index (χ4n) is 2.59. The Bertz CT molecular complexity index is 1040. The summed E-state index contributed by atoms with van der Waals surface area (Å²) in [6.07, 6.45) is 3.28. The highest BCUT2D eigenvalue weighted by atomic mass is 32.1. The average molecular weight is 360 g/mol. The predicted octanol–water partition coefficient (Wildman–Crippen LogP) is 4.56. The lowest BCUT2D eigenvalue weighted by Gasteiger charge is -2.04. The molecular weight excluding hydrogens is 344 g/mol. The van der Waals surface area contributed by atoms with Crippen LogP contribution in [0, 0.1) is 6.92 Å². The number of carbonyl (C=O) groups is 1. The van der Waals surface area contributed by atoms with Crippen LogP contribution in [-0.4, -0.2) is 20.7 Å². The van der Waals surface area contributed by atoms with Crippen molar-refractivity contribution in [2.24, 2.45) is 0 Å². The second-order valence-corrected chi connectivity index (χ2v) is 6.85. The number of hydrogen-bond donors (Lipinski definition) is 1. The van der Waals surface area contributed by atoms with Crippen LogP contribution in [0.4, 0.5) is 5.69 Å². The van der Waals surface area contributed by atoms with Crippen molar-refractivity contribution in [3.63, 3.8) is 0 Å². The van der Waals surface area contributed by atoms with Gasteiger partial charge in [0.2, 0.25) is 0 Å². The molecule has 0 spiro atoms. The van der Waals surface area contributed by atoms with Crippen LogP contribution in [0.2, 0.25) is 0 Å². The lowest BCUT2D eigenvalue weighted by atomic mass is 10.1. The highest BCUT2D eigenvalue weighted by Crippen LogP contribution is 2.23. The van der Waals surface area contributed by atoms with Crippen LogP contribution in [-0.2, 0) is 0 Å². The summed E-state index contributed by atoms with van der Waals surface area (Å²) in [5, 5.41) is 10.2. The normalized spacial score (nSPS) is 10.7. The average Bonchev–Trinajstić information content (AvgIpc) is 3.32. The molecule has 1 amide bonds. The van der Waals surface area contributed by atoms with Crippen molar-refractivity contribution in [1.29, 1.82) is 0 Å². The molecule has 0 fully saturated rings. The lowest BCUT2D eigenvalue weighted by Crippen LogP contribution is -2.10. The van der Waals surface area contributed by atoms with Gasteiger partial charge in [0.25, 0.3) is 5.91 Å². The van der Waals surface area contributed by atoms with E-state index in [4.69, 9.17) is 0 Å². The van der Waals surface area contributed by atoms with Gasteiger partial charge in [-0.2, -0.15) is 5.10 Å². The Balaban J connectivity index is 1.47. The number of nitrogens with one attached hydrogen (secondary N) is 1. The van der Waals surface area contributed by atoms with Gasteiger partial charge < -0.3 is 5.32 Å². The molecular formula is C20H16N4OS. The zero-order valence-corrected chi connectivity index (χ0v) is 14.9. The molecule has 0 saturated heterocycles. The Kier molecular flexibility index (Phi) is 4.33. The van der Waals surface area contributed by atoms with Gasteiger partial charge in [-0.1, -0.05) is 30.3 Å². The third kappa shape index (κ3) is 3.41. The number of aryl methyl sites for hydroxylation is 1. The van der Waals surface area contributed by atoms with Crippen LogP contribution in [0.5, 0.6) is 0 Å². The summed E-state index contributed by atoms with van der Waals surface area (Å²) in [7, 11) is 0. The summed E-state index contributed by atoms with van der Waals surface area (Å²) < 4.78 is 1.68. The second-order valence-electron chi connectivity index (χ2n) is 5.79. The standard InChI is InChI=1S/C20H16N4OS/c1-14-22-19(13-26-14)15-7-9-17(10-8-15)23-20(25)16-11-21-24(12-16)18-5-3-2-4-6-18/h2-13H,1H3,(H,23,25). The van der Waals surface area contributed by atoms with Gasteiger partial charge in [-0.3, -0.25) is 4.79 Å². The van der Waals surface area contributed by atoms with Gasteiger partial charge in [0, 0.05) is 22.8 Å². The number of anilines is 1. The summed E-state index contributed by atoms with van der Waals surface area (Å²) in [6.45, 7) is 1.98. The Morgan fingerprint density at radius 2 is 1.85 bits per heavy atom. The molecule has 2 aromatic carbocycles. The Hall–Kier alpha value is -3.25. The van der Waals surface area contributed by atoms with Gasteiger partial charge in [-0.15, -0.1) is 11.3 Å². The van der Waals surface area contributed by atoms with E-state index in [0.717, 1.165) is 27.6 Å². The molecule has 6 heteroatoms. The van der Waals surface area contributed by atoms with Crippen molar-refractivity contribution >= 4 is 22.9 Å². The smallest absolute Gasteiger partial charge is 0.258 e. The first-order valence-electron chi connectivity index (χ1n) is 8.13. The molecule has 2 heterocycles. The van der Waals surface area contributed by atoms with E-state index in [1.54, 1.807) is 28.4 Å². The van der Waals surface area contributed by atoms with Gasteiger partial charge >= 0.3 is 0 Å². The van der Waals surface area contributed by atoms with E-state index < -0.39 is 0 Å². The number of aromatic nitrogens is 3. The van der Waals surface area contributed by atoms with Crippen molar-refractivity contribution in [2.45, 2.75) is 6.92 Å². The first kappa shape index (κ1) is 16.2. The van der Waals surface area contributed by atoms with E-state index in [1.807, 2.05) is 66.9 Å². The largest absolute Gasteiger partial charge is 0.322 e. The number of hydrogen-bond acceptors (Lipinski definition) is 4. The van der Waals surface area contributed by atoms with Crippen LogP contribution < -0.4 is 5.32 Å². The summed E-state index contributed by atoms with van der Waals surface area (Å²) in [5.74, 6) is -0.190. The highest BCUT2D eigenvalue weighted by molar-refractivity contribution is 7.09. The maximum atomic E-state index is 12.4. The van der Waals surface area contributed by atoms with Crippen molar-refractivity contribution in [1.82, 2.24) is 14.8 Å². The van der Waals surface area contributed by atoms with Gasteiger partial charge in [0.1, 0.15) is 0 Å². The number of nitrogens with zero attached hydrogens (tertiary/aromatic N) is 3. The second kappa shape index (κ2) is 6.93. The van der Waals surface area contributed by atoms with Gasteiger partial charge in [-0.25, -0.2) is 9.67 Å². The summed E-state index contributed by atoms with van der Waals surface area (Å²) >= 11 is 1.62. The Labute approximate surface area is 155 Å². The van der Waals surface area contributed by atoms with Crippen molar-refractivity contribution in [3.05, 3.63) is 82.9 Å². The van der Waals surface area contributed by atoms with E-state index in [0.29, 0.717) is 5.56 Å². The monoisotopic (exact) mass is 360 g/mol. The first-order valence-corrected chi connectivity index (χ1v) is 9.01. The molecule has 0 atom stereocenters. The van der Waals surface area contributed by atoms with E-state index >= 15 is 0 Å². The van der Waals surface area contributed by atoms with Crippen molar-refractivity contribution in [2.75, 3.05) is 5.32 Å². The number of benzene rings is 2. The summed E-state index contributed by atoms with van der Waals surface area (Å²) in [6, 6.07) is 17.4. The highest BCUT2D eigenvalue weighted by Gasteiger charge is 2.10. The van der Waals surface area contributed by atoms with Crippen molar-refractivity contribution in [3.8, 4) is 16.9 Å². The molecule has 0 saturated carbocycles. The minimum atomic E-state index is -0.190. The van der Waals surface area contributed by atoms with Crippen LogP contribution in [0.15, 0.2) is 72.4 Å². The first-order chi connectivity index (χ1) is 12.7. The molecule has 0 aliphatic heterocycles. The van der Waals surface area contributed by atoms with Crippen LogP contribution in [0.1, 0.15) is 15.4 Å². The molecule has 4 aromatic rings. The fourth-order valence-corrected chi connectivity index (χ4v) is 3.21. The van der Waals surface area contributed by atoms with E-state index in [2.05, 4.69) is 15.4 Å². The molecule has 5 nitrogen and oxygen atoms in total. The molecule has 0 unspecified atom stereocenters. The SMILES string of the molecule is Cc1nc(-c2ccc(NC(=O)c3cnn(-c4ccccc4)c3)cc2)cs1. The number of thiazole rings is 1. The number of para-hydroxylation sites is 1. The fraction of sp³-hybridized carbons (Fsp3) is 0.0500. The molecule has 2 aromatic heterocycles. The quantitative estimate of drug-likeness (QED) is 0.580. The minimum absolute atomic E-state index is 0.190. The van der Waals surface area contributed by atoms with E-state index in [-0.39, 0.29) is 5.91 Å². The molecule has 1 N–H and O–H groups in total. The Morgan fingerprint density at radius 3 is 2.54 bits per heavy atom. The molecule has 26 heavy (non-hydrogen) atoms. The molecule has 4 rings (SSSR count). The van der Waals surface area contributed by atoms with Crippen molar-refractivity contribution < 1.29 is 4.79 Å².